The summed E-state index contributed by atoms with van der Waals surface area (Å²) < 4.78 is 16.9. The summed E-state index contributed by atoms with van der Waals surface area (Å²) in [6.07, 6.45) is 81.0. The van der Waals surface area contributed by atoms with Crippen LogP contribution in [-0.4, -0.2) is 37.2 Å². The highest BCUT2D eigenvalue weighted by Gasteiger charge is 2.19. The van der Waals surface area contributed by atoms with Gasteiger partial charge in [-0.1, -0.05) is 328 Å². The topological polar surface area (TPSA) is 78.9 Å². The molecule has 6 heteroatoms. The maximum Gasteiger partial charge on any atom is 0.306 e. The first kappa shape index (κ1) is 74.9. The van der Waals surface area contributed by atoms with E-state index in [1.165, 1.54) is 295 Å². The Kier molecular flexibility index (Phi) is 64.6. The van der Waals surface area contributed by atoms with Gasteiger partial charge in [0.25, 0.3) is 0 Å². The summed E-state index contributed by atoms with van der Waals surface area (Å²) in [5, 5.41) is 0. The molecule has 77 heavy (non-hydrogen) atoms. The summed E-state index contributed by atoms with van der Waals surface area (Å²) in [6, 6.07) is 0. The van der Waals surface area contributed by atoms with E-state index in [4.69, 9.17) is 14.2 Å². The summed E-state index contributed by atoms with van der Waals surface area (Å²) in [6.45, 7) is 6.66. The van der Waals surface area contributed by atoms with Crippen molar-refractivity contribution in [2.24, 2.45) is 0 Å². The largest absolute Gasteiger partial charge is 0.462 e. The molecule has 0 rings (SSSR count). The van der Waals surface area contributed by atoms with Crippen LogP contribution < -0.4 is 0 Å². The number of esters is 3. The van der Waals surface area contributed by atoms with Gasteiger partial charge in [0, 0.05) is 19.3 Å². The lowest BCUT2D eigenvalue weighted by atomic mass is 10.0. The first-order chi connectivity index (χ1) is 38.0. The van der Waals surface area contributed by atoms with Crippen molar-refractivity contribution in [3.05, 3.63) is 24.3 Å². The van der Waals surface area contributed by atoms with Crippen LogP contribution in [-0.2, 0) is 28.6 Å². The van der Waals surface area contributed by atoms with Crippen LogP contribution in [0.15, 0.2) is 24.3 Å². The predicted octanol–water partition coefficient (Wildman–Crippen LogP) is 23.8. The first-order valence-corrected chi connectivity index (χ1v) is 34.8. The lowest BCUT2D eigenvalue weighted by molar-refractivity contribution is -0.167. The molecule has 1 atom stereocenters. The van der Waals surface area contributed by atoms with Crippen molar-refractivity contribution in [1.82, 2.24) is 0 Å². The highest BCUT2D eigenvalue weighted by molar-refractivity contribution is 5.71. The van der Waals surface area contributed by atoms with E-state index < -0.39 is 6.10 Å². The van der Waals surface area contributed by atoms with Crippen LogP contribution in [0.5, 0.6) is 0 Å². The van der Waals surface area contributed by atoms with Gasteiger partial charge in [0.15, 0.2) is 6.10 Å². The fourth-order valence-electron chi connectivity index (χ4n) is 10.7. The van der Waals surface area contributed by atoms with E-state index in [9.17, 15) is 14.4 Å². The minimum absolute atomic E-state index is 0.0665. The van der Waals surface area contributed by atoms with E-state index in [2.05, 4.69) is 45.1 Å². The van der Waals surface area contributed by atoms with Crippen molar-refractivity contribution >= 4 is 17.9 Å². The smallest absolute Gasteiger partial charge is 0.306 e. The number of ether oxygens (including phenoxy) is 3. The van der Waals surface area contributed by atoms with Crippen molar-refractivity contribution in [2.45, 2.75) is 399 Å². The zero-order valence-electron chi connectivity index (χ0n) is 52.3. The molecule has 454 valence electrons. The van der Waals surface area contributed by atoms with E-state index in [1.807, 2.05) is 0 Å². The van der Waals surface area contributed by atoms with Crippen molar-refractivity contribution < 1.29 is 28.6 Å². The second-order valence-electron chi connectivity index (χ2n) is 23.8. The van der Waals surface area contributed by atoms with Crippen molar-refractivity contribution in [3.63, 3.8) is 0 Å². The van der Waals surface area contributed by atoms with Crippen LogP contribution in [0, 0.1) is 0 Å². The van der Waals surface area contributed by atoms with Crippen LogP contribution in [0.4, 0.5) is 0 Å². The SMILES string of the molecule is CCCCCCCCCC/C=C\CCCCCCCCCCCCCCCCCCCCCC(=O)OCC(COC(=O)CCCCCCCCC)OC(=O)CCCCCCCCCCC/C=C\CCCCCCCCCC. The average Bonchev–Trinajstić information content (AvgIpc) is 3.43. The Bertz CT molecular complexity index is 1240. The fourth-order valence-corrected chi connectivity index (χ4v) is 10.7. The summed E-state index contributed by atoms with van der Waals surface area (Å²) >= 11 is 0. The number of carbonyl (C=O) groups is 3. The molecule has 0 aromatic carbocycles. The Labute approximate surface area is 481 Å². The van der Waals surface area contributed by atoms with Gasteiger partial charge < -0.3 is 14.2 Å². The molecule has 0 fully saturated rings. The van der Waals surface area contributed by atoms with E-state index in [1.54, 1.807) is 0 Å². The molecule has 0 N–H and O–H groups in total. The van der Waals surface area contributed by atoms with Crippen LogP contribution in [0.1, 0.15) is 393 Å². The summed E-state index contributed by atoms with van der Waals surface area (Å²) in [5.74, 6) is -0.849. The van der Waals surface area contributed by atoms with Gasteiger partial charge in [0.05, 0.1) is 0 Å². The molecule has 0 spiro atoms. The Balaban J connectivity index is 3.99. The zero-order chi connectivity index (χ0) is 55.7. The Hall–Kier alpha value is -2.11. The molecule has 6 nitrogen and oxygen atoms in total. The average molecular weight is 1080 g/mol. The van der Waals surface area contributed by atoms with E-state index in [0.29, 0.717) is 19.3 Å². The van der Waals surface area contributed by atoms with Crippen LogP contribution in [0.25, 0.3) is 0 Å². The molecule has 0 amide bonds. The van der Waals surface area contributed by atoms with Gasteiger partial charge in [-0.3, -0.25) is 14.4 Å². The van der Waals surface area contributed by atoms with Crippen molar-refractivity contribution in [3.8, 4) is 0 Å². The second kappa shape index (κ2) is 66.4. The number of unbranched alkanes of at least 4 members (excludes halogenated alkanes) is 50. The van der Waals surface area contributed by atoms with Gasteiger partial charge >= 0.3 is 17.9 Å². The first-order valence-electron chi connectivity index (χ1n) is 34.8. The van der Waals surface area contributed by atoms with Gasteiger partial charge in [0.2, 0.25) is 0 Å². The molecule has 0 aliphatic heterocycles. The highest BCUT2D eigenvalue weighted by Crippen LogP contribution is 2.18. The molecule has 0 aliphatic rings. The second-order valence-corrected chi connectivity index (χ2v) is 23.8. The van der Waals surface area contributed by atoms with Crippen LogP contribution in [0.3, 0.4) is 0 Å². The summed E-state index contributed by atoms with van der Waals surface area (Å²) in [5.41, 5.74) is 0. The monoisotopic (exact) mass is 1080 g/mol. The molecule has 0 aliphatic carbocycles. The normalized spacial score (nSPS) is 12.1. The van der Waals surface area contributed by atoms with Gasteiger partial charge in [-0.2, -0.15) is 0 Å². The zero-order valence-corrected chi connectivity index (χ0v) is 52.3. The van der Waals surface area contributed by atoms with Crippen LogP contribution in [0.2, 0.25) is 0 Å². The number of carbonyl (C=O) groups excluding carboxylic acids is 3. The van der Waals surface area contributed by atoms with Gasteiger partial charge in [-0.05, 0) is 70.6 Å². The lowest BCUT2D eigenvalue weighted by Gasteiger charge is -2.18. The summed E-state index contributed by atoms with van der Waals surface area (Å²) in [4.78, 5) is 38.1. The summed E-state index contributed by atoms with van der Waals surface area (Å²) in [7, 11) is 0. The maximum atomic E-state index is 12.9. The Morgan fingerprint density at radius 3 is 0.649 bits per heavy atom. The van der Waals surface area contributed by atoms with E-state index in [-0.39, 0.29) is 31.1 Å². The Morgan fingerprint density at radius 1 is 0.247 bits per heavy atom. The van der Waals surface area contributed by atoms with Gasteiger partial charge in [-0.15, -0.1) is 0 Å². The molecule has 0 saturated heterocycles. The molecule has 0 aromatic heterocycles. The molecule has 0 heterocycles. The minimum atomic E-state index is -0.767. The third kappa shape index (κ3) is 64.6. The maximum absolute atomic E-state index is 12.9. The molecule has 0 saturated carbocycles. The number of hydrogen-bond donors (Lipinski definition) is 0. The number of rotatable bonds is 65. The van der Waals surface area contributed by atoms with E-state index in [0.717, 1.165) is 57.8 Å². The molecular weight excluding hydrogens is 949 g/mol. The molecule has 0 aromatic rings. The highest BCUT2D eigenvalue weighted by atomic mass is 16.6. The minimum Gasteiger partial charge on any atom is -0.462 e. The van der Waals surface area contributed by atoms with E-state index >= 15 is 0 Å². The van der Waals surface area contributed by atoms with Crippen molar-refractivity contribution in [2.75, 3.05) is 13.2 Å². The molecular formula is C71H134O6. The Morgan fingerprint density at radius 2 is 0.429 bits per heavy atom. The molecule has 1 unspecified atom stereocenters. The number of allylic oxidation sites excluding steroid dienone is 4. The van der Waals surface area contributed by atoms with Crippen LogP contribution >= 0.6 is 0 Å². The predicted molar refractivity (Wildman–Crippen MR) is 335 cm³/mol. The molecule has 0 bridgehead atoms. The number of hydrogen-bond acceptors (Lipinski definition) is 6. The lowest BCUT2D eigenvalue weighted by Crippen LogP contribution is -2.30. The third-order valence-electron chi connectivity index (χ3n) is 15.9. The quantitative estimate of drug-likeness (QED) is 0.0261. The fraction of sp³-hybridized carbons (Fsp3) is 0.901. The van der Waals surface area contributed by atoms with Gasteiger partial charge in [0.1, 0.15) is 13.2 Å². The standard InChI is InChI=1S/C71H134O6/c1-4-7-10-13-16-18-20-22-24-26-28-30-31-32-33-34-35-36-37-38-39-41-42-44-46-48-50-52-55-58-61-64-70(73)76-67-68(66-75-69(72)63-60-57-54-15-12-9-6-3)77-71(74)65-62-59-56-53-51-49-47-45-43-40-29-27-25-23-21-19-17-14-11-8-5-2/h26-29,68H,4-25,30-67H2,1-3H3/b28-26-,29-27-. The molecule has 0 radical (unpaired) electrons. The third-order valence-corrected chi connectivity index (χ3v) is 15.9. The van der Waals surface area contributed by atoms with Gasteiger partial charge in [-0.25, -0.2) is 0 Å². The van der Waals surface area contributed by atoms with Crippen molar-refractivity contribution in [1.29, 1.82) is 0 Å².